The van der Waals surface area contributed by atoms with Crippen molar-refractivity contribution < 1.29 is 9.59 Å². The van der Waals surface area contributed by atoms with E-state index in [2.05, 4.69) is 27.2 Å². The van der Waals surface area contributed by atoms with Gasteiger partial charge in [-0.15, -0.1) is 0 Å². The van der Waals surface area contributed by atoms with Gasteiger partial charge in [0, 0.05) is 62.8 Å². The summed E-state index contributed by atoms with van der Waals surface area (Å²) in [7, 11) is 0. The fourth-order valence-corrected chi connectivity index (χ4v) is 4.62. The SMILES string of the molecule is O=C(Nc1cccc(N2CCN(CC3CC3)CC2)c1)C1CC(=O)N(c2ccccc2)C1. The van der Waals surface area contributed by atoms with Crippen LogP contribution in [0.25, 0.3) is 0 Å². The molecule has 6 heteroatoms. The minimum absolute atomic E-state index is 0.00386. The van der Waals surface area contributed by atoms with Gasteiger partial charge in [0.15, 0.2) is 0 Å². The Morgan fingerprint density at radius 1 is 0.935 bits per heavy atom. The van der Waals surface area contributed by atoms with Crippen LogP contribution in [0.5, 0.6) is 0 Å². The molecular formula is C25H30N4O2. The standard InChI is InChI=1S/C25H30N4O2/c30-24-15-20(18-29(24)22-6-2-1-3-7-22)25(31)26-21-5-4-8-23(16-21)28-13-11-27(12-14-28)17-19-9-10-19/h1-8,16,19-20H,9-15,17-18H2,(H,26,31). The van der Waals surface area contributed by atoms with Crippen molar-refractivity contribution in [3.63, 3.8) is 0 Å². The van der Waals surface area contributed by atoms with Crippen LogP contribution in [0.1, 0.15) is 19.3 Å². The van der Waals surface area contributed by atoms with Gasteiger partial charge in [-0.05, 0) is 49.1 Å². The van der Waals surface area contributed by atoms with Crippen LogP contribution in [0, 0.1) is 11.8 Å². The highest BCUT2D eigenvalue weighted by Gasteiger charge is 2.35. The third-order valence-corrected chi connectivity index (χ3v) is 6.63. The van der Waals surface area contributed by atoms with Crippen LogP contribution in [0.4, 0.5) is 17.1 Å². The number of anilines is 3. The molecule has 0 bridgehead atoms. The van der Waals surface area contributed by atoms with Crippen LogP contribution in [-0.2, 0) is 9.59 Å². The number of piperazine rings is 1. The molecule has 1 atom stereocenters. The minimum atomic E-state index is -0.331. The molecule has 3 fully saturated rings. The van der Waals surface area contributed by atoms with Crippen molar-refractivity contribution in [2.45, 2.75) is 19.3 Å². The molecular weight excluding hydrogens is 388 g/mol. The molecule has 2 aromatic carbocycles. The number of nitrogens with one attached hydrogen (secondary N) is 1. The van der Waals surface area contributed by atoms with Crippen molar-refractivity contribution in [1.82, 2.24) is 4.90 Å². The largest absolute Gasteiger partial charge is 0.369 e. The smallest absolute Gasteiger partial charge is 0.229 e. The summed E-state index contributed by atoms with van der Waals surface area (Å²) in [6.45, 7) is 5.93. The predicted octanol–water partition coefficient (Wildman–Crippen LogP) is 3.21. The van der Waals surface area contributed by atoms with Gasteiger partial charge >= 0.3 is 0 Å². The van der Waals surface area contributed by atoms with Gasteiger partial charge in [-0.3, -0.25) is 14.5 Å². The molecule has 2 heterocycles. The van der Waals surface area contributed by atoms with E-state index in [4.69, 9.17) is 0 Å². The zero-order valence-corrected chi connectivity index (χ0v) is 17.9. The quantitative estimate of drug-likeness (QED) is 0.783. The van der Waals surface area contributed by atoms with Gasteiger partial charge in [0.05, 0.1) is 5.92 Å². The maximum atomic E-state index is 12.9. The van der Waals surface area contributed by atoms with E-state index in [1.54, 1.807) is 4.90 Å². The molecule has 0 aromatic heterocycles. The minimum Gasteiger partial charge on any atom is -0.369 e. The maximum absolute atomic E-state index is 12.9. The average Bonchev–Trinajstić information content (AvgIpc) is 3.53. The van der Waals surface area contributed by atoms with Gasteiger partial charge in [0.1, 0.15) is 0 Å². The van der Waals surface area contributed by atoms with Crippen molar-refractivity contribution in [3.8, 4) is 0 Å². The van der Waals surface area contributed by atoms with Crippen LogP contribution >= 0.6 is 0 Å². The van der Waals surface area contributed by atoms with Crippen LogP contribution in [0.15, 0.2) is 54.6 Å². The zero-order valence-electron chi connectivity index (χ0n) is 17.9. The molecule has 1 N–H and O–H groups in total. The third kappa shape index (κ3) is 4.74. The van der Waals surface area contributed by atoms with Crippen molar-refractivity contribution in [2.75, 3.05) is 54.4 Å². The van der Waals surface area contributed by atoms with Crippen molar-refractivity contribution in [1.29, 1.82) is 0 Å². The highest BCUT2D eigenvalue weighted by atomic mass is 16.2. The van der Waals surface area contributed by atoms with E-state index in [0.29, 0.717) is 6.54 Å². The molecule has 0 radical (unpaired) electrons. The molecule has 2 aliphatic heterocycles. The Kier molecular flexibility index (Phi) is 5.64. The summed E-state index contributed by atoms with van der Waals surface area (Å²) >= 11 is 0. The number of amides is 2. The Bertz CT molecular complexity index is 936. The Balaban J connectivity index is 1.18. The second-order valence-corrected chi connectivity index (χ2v) is 9.01. The number of carbonyl (C=O) groups excluding carboxylic acids is 2. The molecule has 5 rings (SSSR count). The zero-order chi connectivity index (χ0) is 21.2. The Hall–Kier alpha value is -2.86. The summed E-state index contributed by atoms with van der Waals surface area (Å²) in [6, 6.07) is 17.7. The van der Waals surface area contributed by atoms with Gasteiger partial charge in [-0.2, -0.15) is 0 Å². The average molecular weight is 419 g/mol. The number of hydrogen-bond donors (Lipinski definition) is 1. The number of carbonyl (C=O) groups is 2. The molecule has 0 spiro atoms. The Labute approximate surface area is 183 Å². The van der Waals surface area contributed by atoms with Gasteiger partial charge in [0.2, 0.25) is 11.8 Å². The molecule has 162 valence electrons. The fourth-order valence-electron chi connectivity index (χ4n) is 4.62. The summed E-state index contributed by atoms with van der Waals surface area (Å²) in [4.78, 5) is 32.0. The molecule has 1 unspecified atom stereocenters. The Morgan fingerprint density at radius 3 is 2.42 bits per heavy atom. The first-order valence-electron chi connectivity index (χ1n) is 11.4. The van der Waals surface area contributed by atoms with Crippen molar-refractivity contribution in [2.24, 2.45) is 11.8 Å². The second-order valence-electron chi connectivity index (χ2n) is 9.01. The van der Waals surface area contributed by atoms with Gasteiger partial charge in [0.25, 0.3) is 0 Å². The predicted molar refractivity (Wildman–Crippen MR) is 123 cm³/mol. The van der Waals surface area contributed by atoms with Crippen molar-refractivity contribution in [3.05, 3.63) is 54.6 Å². The van der Waals surface area contributed by atoms with Gasteiger partial charge < -0.3 is 15.1 Å². The number of nitrogens with zero attached hydrogens (tertiary/aromatic N) is 3. The topological polar surface area (TPSA) is 55.9 Å². The number of hydrogen-bond acceptors (Lipinski definition) is 4. The molecule has 2 saturated heterocycles. The van der Waals surface area contributed by atoms with Crippen molar-refractivity contribution >= 4 is 28.9 Å². The van der Waals surface area contributed by atoms with E-state index in [9.17, 15) is 9.59 Å². The molecule has 1 aliphatic carbocycles. The molecule has 1 saturated carbocycles. The molecule has 2 aromatic rings. The monoisotopic (exact) mass is 418 g/mol. The first-order valence-corrected chi connectivity index (χ1v) is 11.4. The number of rotatable bonds is 6. The lowest BCUT2D eigenvalue weighted by Crippen LogP contribution is -2.47. The van der Waals surface area contributed by atoms with E-state index in [1.807, 2.05) is 42.5 Å². The van der Waals surface area contributed by atoms with Crippen LogP contribution in [0.3, 0.4) is 0 Å². The highest BCUT2D eigenvalue weighted by molar-refractivity contribution is 6.03. The molecule has 2 amide bonds. The summed E-state index contributed by atoms with van der Waals surface area (Å²) < 4.78 is 0. The lowest BCUT2D eigenvalue weighted by molar-refractivity contribution is -0.122. The molecule has 3 aliphatic rings. The van der Waals surface area contributed by atoms with E-state index < -0.39 is 0 Å². The molecule has 6 nitrogen and oxygen atoms in total. The lowest BCUT2D eigenvalue weighted by Gasteiger charge is -2.36. The summed E-state index contributed by atoms with van der Waals surface area (Å²) in [5, 5.41) is 3.04. The summed E-state index contributed by atoms with van der Waals surface area (Å²) in [5.41, 5.74) is 2.80. The van der Waals surface area contributed by atoms with Gasteiger partial charge in [-0.25, -0.2) is 0 Å². The van der Waals surface area contributed by atoms with Crippen LogP contribution in [-0.4, -0.2) is 56.0 Å². The van der Waals surface area contributed by atoms with Crippen LogP contribution in [0.2, 0.25) is 0 Å². The normalized spacial score (nSPS) is 22.1. The van der Waals surface area contributed by atoms with Gasteiger partial charge in [-0.1, -0.05) is 24.3 Å². The molecule has 31 heavy (non-hydrogen) atoms. The van der Waals surface area contributed by atoms with Crippen LogP contribution < -0.4 is 15.1 Å². The fraction of sp³-hybridized carbons (Fsp3) is 0.440. The summed E-state index contributed by atoms with van der Waals surface area (Å²) in [5.74, 6) is 0.523. The Morgan fingerprint density at radius 2 is 1.68 bits per heavy atom. The second kappa shape index (κ2) is 8.71. The van der Waals surface area contributed by atoms with E-state index in [1.165, 1.54) is 19.4 Å². The van der Waals surface area contributed by atoms with E-state index >= 15 is 0 Å². The first kappa shape index (κ1) is 20.1. The highest BCUT2D eigenvalue weighted by Crippen LogP contribution is 2.30. The van der Waals surface area contributed by atoms with E-state index in [-0.39, 0.29) is 24.2 Å². The summed E-state index contributed by atoms with van der Waals surface area (Å²) in [6.07, 6.45) is 3.05. The number of benzene rings is 2. The third-order valence-electron chi connectivity index (χ3n) is 6.63. The lowest BCUT2D eigenvalue weighted by atomic mass is 10.1. The number of para-hydroxylation sites is 1. The maximum Gasteiger partial charge on any atom is 0.229 e. The van der Waals surface area contributed by atoms with E-state index in [0.717, 1.165) is 49.2 Å². The first-order chi connectivity index (χ1) is 15.2.